The first kappa shape index (κ1) is 30.0. The van der Waals surface area contributed by atoms with Crippen LogP contribution in [-0.2, 0) is 10.8 Å². The zero-order valence-electron chi connectivity index (χ0n) is 29.7. The zero-order valence-corrected chi connectivity index (χ0v) is 30.6. The van der Waals surface area contributed by atoms with E-state index in [9.17, 15) is 0 Å². The third-order valence-electron chi connectivity index (χ3n) is 13.7. The van der Waals surface area contributed by atoms with Crippen LogP contribution in [0.3, 0.4) is 0 Å². The van der Waals surface area contributed by atoms with Crippen molar-refractivity contribution in [3.63, 3.8) is 0 Å². The van der Waals surface area contributed by atoms with Gasteiger partial charge in [-0.15, -0.1) is 11.3 Å². The Morgan fingerprint density at radius 3 is 2.08 bits per heavy atom. The lowest BCUT2D eigenvalue weighted by molar-refractivity contribution is 0.0670. The number of hydrogen-bond donors (Lipinski definition) is 0. The summed E-state index contributed by atoms with van der Waals surface area (Å²) < 4.78 is 2.68. The largest absolute Gasteiger partial charge is 0.310 e. The number of rotatable bonds is 3. The van der Waals surface area contributed by atoms with Gasteiger partial charge < -0.3 is 4.90 Å². The average Bonchev–Trinajstić information content (AvgIpc) is 3.75. The first-order valence-electron chi connectivity index (χ1n) is 19.1. The highest BCUT2D eigenvalue weighted by Gasteiger charge is 2.55. The summed E-state index contributed by atoms with van der Waals surface area (Å²) in [7, 11) is 0. The molecule has 6 aromatic carbocycles. The third-order valence-corrected chi connectivity index (χ3v) is 14.8. The molecule has 1 aromatic heterocycles. The normalized spacial score (nSPS) is 23.6. The van der Waals surface area contributed by atoms with Gasteiger partial charge in [-0.1, -0.05) is 119 Å². The van der Waals surface area contributed by atoms with Gasteiger partial charge in [0.05, 0.1) is 0 Å². The summed E-state index contributed by atoms with van der Waals surface area (Å²) in [6.45, 7) is 7.35. The van der Waals surface area contributed by atoms with E-state index in [-0.39, 0.29) is 10.8 Å². The van der Waals surface area contributed by atoms with Crippen molar-refractivity contribution in [2.75, 3.05) is 4.90 Å². The first-order valence-corrected chi connectivity index (χ1v) is 19.9. The van der Waals surface area contributed by atoms with Crippen molar-refractivity contribution in [3.05, 3.63) is 150 Å². The van der Waals surface area contributed by atoms with Gasteiger partial charge in [-0.25, -0.2) is 0 Å². The number of fused-ring (bicyclic) bond motifs is 14. The Morgan fingerprint density at radius 1 is 0.549 bits per heavy atom. The predicted octanol–water partition coefficient (Wildman–Crippen LogP) is 13.9. The van der Waals surface area contributed by atoms with Crippen LogP contribution >= 0.6 is 11.3 Å². The lowest BCUT2D eigenvalue weighted by Gasteiger charge is -2.53. The fraction of sp³-hybridized carbons (Fsp3) is 0.265. The van der Waals surface area contributed by atoms with Gasteiger partial charge >= 0.3 is 0 Å². The van der Waals surface area contributed by atoms with E-state index in [1.807, 2.05) is 11.3 Å². The highest BCUT2D eigenvalue weighted by molar-refractivity contribution is 7.25. The molecule has 0 saturated heterocycles. The molecule has 4 unspecified atom stereocenters. The maximum Gasteiger partial charge on any atom is 0.0476 e. The summed E-state index contributed by atoms with van der Waals surface area (Å²) in [4.78, 5) is 2.54. The molecule has 2 saturated carbocycles. The van der Waals surface area contributed by atoms with Gasteiger partial charge in [-0.3, -0.25) is 0 Å². The van der Waals surface area contributed by atoms with Crippen molar-refractivity contribution in [2.24, 2.45) is 17.8 Å². The minimum absolute atomic E-state index is 0.0682. The second-order valence-electron chi connectivity index (χ2n) is 16.5. The van der Waals surface area contributed by atoms with E-state index in [0.717, 1.165) is 11.8 Å². The van der Waals surface area contributed by atoms with Crippen LogP contribution in [0, 0.1) is 17.8 Å². The number of anilines is 3. The fourth-order valence-electron chi connectivity index (χ4n) is 11.6. The Labute approximate surface area is 305 Å². The Hall–Kier alpha value is -4.66. The molecule has 51 heavy (non-hydrogen) atoms. The van der Waals surface area contributed by atoms with Crippen molar-refractivity contribution in [2.45, 2.75) is 63.7 Å². The van der Waals surface area contributed by atoms with Gasteiger partial charge in [-0.05, 0) is 124 Å². The van der Waals surface area contributed by atoms with Gasteiger partial charge in [0.1, 0.15) is 0 Å². The molecule has 4 aliphatic carbocycles. The molecule has 11 rings (SSSR count). The molecule has 0 amide bonds. The van der Waals surface area contributed by atoms with Gasteiger partial charge in [-0.2, -0.15) is 0 Å². The van der Waals surface area contributed by atoms with Gasteiger partial charge in [0.2, 0.25) is 0 Å². The topological polar surface area (TPSA) is 3.24 Å². The Bertz CT molecular complexity index is 2550. The van der Waals surface area contributed by atoms with Crippen molar-refractivity contribution < 1.29 is 0 Å². The fourth-order valence-corrected chi connectivity index (χ4v) is 12.7. The molecule has 0 aliphatic heterocycles. The van der Waals surface area contributed by atoms with Crippen molar-refractivity contribution in [1.82, 2.24) is 0 Å². The predicted molar refractivity (Wildman–Crippen MR) is 217 cm³/mol. The zero-order chi connectivity index (χ0) is 34.1. The molecule has 2 fully saturated rings. The summed E-state index contributed by atoms with van der Waals surface area (Å²) >= 11 is 1.90. The average molecular weight is 678 g/mol. The number of hydrogen-bond acceptors (Lipinski definition) is 2. The highest BCUT2D eigenvalue weighted by Crippen LogP contribution is 2.64. The maximum atomic E-state index is 2.57. The lowest BCUT2D eigenvalue weighted by Crippen LogP contribution is -2.47. The number of thiophene rings is 1. The molecule has 0 radical (unpaired) electrons. The second kappa shape index (κ2) is 10.7. The smallest absolute Gasteiger partial charge is 0.0476 e. The summed E-state index contributed by atoms with van der Waals surface area (Å²) in [5.41, 5.74) is 15.3. The summed E-state index contributed by atoms with van der Waals surface area (Å²) in [6.07, 6.45) is 6.89. The van der Waals surface area contributed by atoms with Crippen LogP contribution in [0.5, 0.6) is 0 Å². The molecule has 2 heteroatoms. The minimum atomic E-state index is -0.0682. The van der Waals surface area contributed by atoms with Crippen molar-refractivity contribution in [3.8, 4) is 22.3 Å². The molecule has 1 nitrogen and oxygen atoms in total. The Kier molecular flexibility index (Phi) is 6.29. The Morgan fingerprint density at radius 2 is 1.20 bits per heavy atom. The van der Waals surface area contributed by atoms with E-state index >= 15 is 0 Å². The monoisotopic (exact) mass is 677 g/mol. The summed E-state index contributed by atoms with van der Waals surface area (Å²) in [5.74, 6) is 2.26. The minimum Gasteiger partial charge on any atom is -0.310 e. The van der Waals surface area contributed by atoms with Crippen molar-refractivity contribution >= 4 is 48.6 Å². The van der Waals surface area contributed by atoms with Gasteiger partial charge in [0.25, 0.3) is 0 Å². The number of benzene rings is 6. The molecule has 1 spiro atoms. The second-order valence-corrected chi connectivity index (χ2v) is 17.6. The first-order chi connectivity index (χ1) is 24.9. The molecule has 0 N–H and O–H groups in total. The molecule has 1 heterocycles. The Balaban J connectivity index is 1.13. The third kappa shape index (κ3) is 4.03. The van der Waals surface area contributed by atoms with Gasteiger partial charge in [0.15, 0.2) is 0 Å². The molecule has 4 aliphatic rings. The highest BCUT2D eigenvalue weighted by atomic mass is 32.1. The molecular weight excluding hydrogens is 635 g/mol. The van der Waals surface area contributed by atoms with E-state index in [0.29, 0.717) is 5.92 Å². The van der Waals surface area contributed by atoms with E-state index in [1.165, 1.54) is 103 Å². The van der Waals surface area contributed by atoms with Crippen LogP contribution in [0.2, 0.25) is 0 Å². The van der Waals surface area contributed by atoms with Crippen LogP contribution < -0.4 is 4.90 Å². The maximum absolute atomic E-state index is 2.57. The van der Waals surface area contributed by atoms with E-state index in [4.69, 9.17) is 0 Å². The number of nitrogens with zero attached hydrogens (tertiary/aromatic N) is 1. The van der Waals surface area contributed by atoms with Gasteiger partial charge in [0, 0.05) is 48.1 Å². The van der Waals surface area contributed by atoms with Crippen LogP contribution in [-0.4, -0.2) is 0 Å². The van der Waals surface area contributed by atoms with E-state index in [2.05, 4.69) is 153 Å². The summed E-state index contributed by atoms with van der Waals surface area (Å²) in [6, 6.07) is 49.2. The SMILES string of the molecule is CC1CC2CCCC(C2)C12c1ccccc1-c1cc(N(c3ccc4c(c3)C(C)(C)c3ccccc3-4)c3ccc4c(c3)sc3ccccc34)ccc12. The van der Waals surface area contributed by atoms with E-state index in [1.54, 1.807) is 11.1 Å². The van der Waals surface area contributed by atoms with Crippen LogP contribution in [0.15, 0.2) is 127 Å². The molecule has 7 aromatic rings. The molecule has 2 bridgehead atoms. The summed E-state index contributed by atoms with van der Waals surface area (Å²) in [5, 5.41) is 2.69. The molecule has 4 atom stereocenters. The van der Waals surface area contributed by atoms with E-state index < -0.39 is 0 Å². The standard InChI is InChI=1S/C49H43NS/c1-30-25-31-11-10-12-32(26-31)49(30)43-17-8-5-14-37(43)41-27-33(21-24-44(41)49)50(35-20-23-40-39-15-6-9-18-46(39)51-47(40)29-35)34-19-22-38-36-13-4-7-16-42(36)48(2,3)45(38)28-34/h4-9,13-24,27-32H,10-12,25-26H2,1-3H3. The quantitative estimate of drug-likeness (QED) is 0.180. The van der Waals surface area contributed by atoms with Crippen LogP contribution in [0.4, 0.5) is 17.1 Å². The van der Waals surface area contributed by atoms with Crippen LogP contribution in [0.25, 0.3) is 42.4 Å². The lowest BCUT2D eigenvalue weighted by atomic mass is 9.51. The molecular formula is C49H43NS. The van der Waals surface area contributed by atoms with Crippen LogP contribution in [0.1, 0.15) is 75.1 Å². The van der Waals surface area contributed by atoms with Crippen molar-refractivity contribution in [1.29, 1.82) is 0 Å². The molecule has 250 valence electrons.